The molecule has 0 bridgehead atoms. The maximum atomic E-state index is 10.1. The summed E-state index contributed by atoms with van der Waals surface area (Å²) in [6.45, 7) is 7.46. The molecule has 0 amide bonds. The highest BCUT2D eigenvalue weighted by Gasteiger charge is 2.23. The van der Waals surface area contributed by atoms with E-state index >= 15 is 0 Å². The predicted molar refractivity (Wildman–Crippen MR) is 68.6 cm³/mol. The molecular weight excluding hydrogens is 212 g/mol. The number of aliphatic hydroxyl groups excluding tert-OH is 1. The van der Waals surface area contributed by atoms with Crippen molar-refractivity contribution in [2.75, 3.05) is 19.6 Å². The van der Waals surface area contributed by atoms with E-state index in [4.69, 9.17) is 0 Å². The predicted octanol–water partition coefficient (Wildman–Crippen LogP) is 2.09. The Morgan fingerprint density at radius 2 is 2.06 bits per heavy atom. The number of β-amino-alcohol motifs (C(OH)–C–C–N with tert-alkyl or cyclic N) is 1. The zero-order valence-corrected chi connectivity index (χ0v) is 10.7. The molecule has 0 spiro atoms. The summed E-state index contributed by atoms with van der Waals surface area (Å²) in [7, 11) is 0. The fourth-order valence-electron chi connectivity index (χ4n) is 2.85. The number of pyridine rings is 1. The number of aromatic nitrogens is 1. The number of hydrogen-bond acceptors (Lipinski definition) is 3. The van der Waals surface area contributed by atoms with Crippen LogP contribution in [0.5, 0.6) is 0 Å². The smallest absolute Gasteiger partial charge is 0.109 e. The lowest BCUT2D eigenvalue weighted by Gasteiger charge is -2.35. The Kier molecular flexibility index (Phi) is 4.13. The van der Waals surface area contributed by atoms with E-state index in [9.17, 15) is 5.11 Å². The Labute approximate surface area is 103 Å². The second-order valence-corrected chi connectivity index (χ2v) is 5.43. The molecule has 3 heteroatoms. The van der Waals surface area contributed by atoms with Crippen molar-refractivity contribution in [3.8, 4) is 0 Å². The summed E-state index contributed by atoms with van der Waals surface area (Å²) in [5, 5.41) is 10.1. The first-order chi connectivity index (χ1) is 8.15. The van der Waals surface area contributed by atoms with Gasteiger partial charge in [-0.15, -0.1) is 0 Å². The van der Waals surface area contributed by atoms with E-state index in [1.54, 1.807) is 6.20 Å². The van der Waals surface area contributed by atoms with E-state index in [1.807, 2.05) is 18.2 Å². The molecule has 1 aliphatic heterocycles. The van der Waals surface area contributed by atoms with Gasteiger partial charge in [0, 0.05) is 25.8 Å². The quantitative estimate of drug-likeness (QED) is 0.870. The number of hydrogen-bond donors (Lipinski definition) is 1. The SMILES string of the molecule is CC1CC(C)CN(CC(O)c2ccccn2)C1. The molecule has 1 N–H and O–H groups in total. The van der Waals surface area contributed by atoms with Crippen LogP contribution in [0.1, 0.15) is 32.1 Å². The average Bonchev–Trinajstić information content (AvgIpc) is 2.28. The zero-order chi connectivity index (χ0) is 12.3. The van der Waals surface area contributed by atoms with E-state index in [2.05, 4.69) is 23.7 Å². The Balaban J connectivity index is 1.92. The molecule has 1 aliphatic rings. The summed E-state index contributed by atoms with van der Waals surface area (Å²) in [5.74, 6) is 1.46. The van der Waals surface area contributed by atoms with Crippen LogP contribution in [0.15, 0.2) is 24.4 Å². The van der Waals surface area contributed by atoms with Gasteiger partial charge in [-0.05, 0) is 30.4 Å². The molecule has 1 aromatic rings. The highest BCUT2D eigenvalue weighted by Crippen LogP contribution is 2.22. The summed E-state index contributed by atoms with van der Waals surface area (Å²) in [5.41, 5.74) is 0.776. The summed E-state index contributed by atoms with van der Waals surface area (Å²) < 4.78 is 0. The highest BCUT2D eigenvalue weighted by molar-refractivity contribution is 5.07. The molecule has 3 atom stereocenters. The van der Waals surface area contributed by atoms with Crippen molar-refractivity contribution in [2.24, 2.45) is 11.8 Å². The monoisotopic (exact) mass is 234 g/mol. The molecule has 3 nitrogen and oxygen atoms in total. The van der Waals surface area contributed by atoms with Crippen LogP contribution < -0.4 is 0 Å². The van der Waals surface area contributed by atoms with E-state index < -0.39 is 6.10 Å². The van der Waals surface area contributed by atoms with Crippen LogP contribution in [0.3, 0.4) is 0 Å². The molecular formula is C14H22N2O. The van der Waals surface area contributed by atoms with Crippen molar-refractivity contribution in [3.63, 3.8) is 0 Å². The van der Waals surface area contributed by atoms with Crippen LogP contribution in [0.4, 0.5) is 0 Å². The molecule has 94 valence electrons. The van der Waals surface area contributed by atoms with Gasteiger partial charge in [-0.25, -0.2) is 0 Å². The first-order valence-corrected chi connectivity index (χ1v) is 6.46. The molecule has 2 rings (SSSR count). The first-order valence-electron chi connectivity index (χ1n) is 6.46. The Morgan fingerprint density at radius 1 is 1.35 bits per heavy atom. The lowest BCUT2D eigenvalue weighted by atomic mass is 9.91. The fourth-order valence-corrected chi connectivity index (χ4v) is 2.85. The summed E-state index contributed by atoms with van der Waals surface area (Å²) in [6.07, 6.45) is 2.57. The first kappa shape index (κ1) is 12.5. The largest absolute Gasteiger partial charge is 0.385 e. The number of aliphatic hydroxyl groups is 1. The molecule has 0 radical (unpaired) electrons. The average molecular weight is 234 g/mol. The van der Waals surface area contributed by atoms with Crippen molar-refractivity contribution >= 4 is 0 Å². The second-order valence-electron chi connectivity index (χ2n) is 5.43. The maximum absolute atomic E-state index is 10.1. The molecule has 1 fully saturated rings. The van der Waals surface area contributed by atoms with Gasteiger partial charge in [-0.1, -0.05) is 19.9 Å². The zero-order valence-electron chi connectivity index (χ0n) is 10.7. The van der Waals surface area contributed by atoms with Crippen molar-refractivity contribution in [2.45, 2.75) is 26.4 Å². The van der Waals surface area contributed by atoms with Crippen LogP contribution in [-0.4, -0.2) is 34.6 Å². The van der Waals surface area contributed by atoms with Crippen molar-refractivity contribution in [1.29, 1.82) is 0 Å². The van der Waals surface area contributed by atoms with Crippen LogP contribution in [0.25, 0.3) is 0 Å². The maximum Gasteiger partial charge on any atom is 0.109 e. The van der Waals surface area contributed by atoms with Gasteiger partial charge < -0.3 is 5.11 Å². The van der Waals surface area contributed by atoms with Gasteiger partial charge in [-0.2, -0.15) is 0 Å². The van der Waals surface area contributed by atoms with Gasteiger partial charge >= 0.3 is 0 Å². The fraction of sp³-hybridized carbons (Fsp3) is 0.643. The van der Waals surface area contributed by atoms with Crippen LogP contribution in [0, 0.1) is 11.8 Å². The van der Waals surface area contributed by atoms with Crippen molar-refractivity contribution in [3.05, 3.63) is 30.1 Å². The van der Waals surface area contributed by atoms with Crippen LogP contribution in [-0.2, 0) is 0 Å². The van der Waals surface area contributed by atoms with Crippen molar-refractivity contribution < 1.29 is 5.11 Å². The highest BCUT2D eigenvalue weighted by atomic mass is 16.3. The lowest BCUT2D eigenvalue weighted by molar-refractivity contribution is 0.0679. The number of rotatable bonds is 3. The number of piperidine rings is 1. The normalized spacial score (nSPS) is 27.9. The van der Waals surface area contributed by atoms with Gasteiger partial charge in [0.25, 0.3) is 0 Å². The van der Waals surface area contributed by atoms with E-state index in [0.29, 0.717) is 6.54 Å². The minimum Gasteiger partial charge on any atom is -0.385 e. The van der Waals surface area contributed by atoms with Gasteiger partial charge in [-0.3, -0.25) is 9.88 Å². The summed E-state index contributed by atoms with van der Waals surface area (Å²) >= 11 is 0. The molecule has 3 unspecified atom stereocenters. The van der Waals surface area contributed by atoms with Crippen molar-refractivity contribution in [1.82, 2.24) is 9.88 Å². The third-order valence-electron chi connectivity index (χ3n) is 3.40. The topological polar surface area (TPSA) is 36.4 Å². The summed E-state index contributed by atoms with van der Waals surface area (Å²) in [4.78, 5) is 6.56. The van der Waals surface area contributed by atoms with Gasteiger partial charge in [0.05, 0.1) is 5.69 Å². The lowest BCUT2D eigenvalue weighted by Crippen LogP contribution is -2.40. The number of nitrogens with zero attached hydrogens (tertiary/aromatic N) is 2. The Hall–Kier alpha value is -0.930. The molecule has 0 aromatic carbocycles. The Morgan fingerprint density at radius 3 is 2.65 bits per heavy atom. The molecule has 0 saturated carbocycles. The second kappa shape index (κ2) is 5.61. The molecule has 17 heavy (non-hydrogen) atoms. The number of likely N-dealkylation sites (tertiary alicyclic amines) is 1. The van der Waals surface area contributed by atoms with Gasteiger partial charge in [0.1, 0.15) is 6.10 Å². The third-order valence-corrected chi connectivity index (χ3v) is 3.40. The van der Waals surface area contributed by atoms with E-state index in [-0.39, 0.29) is 0 Å². The Bertz CT molecular complexity index is 331. The summed E-state index contributed by atoms with van der Waals surface area (Å²) in [6, 6.07) is 5.69. The van der Waals surface area contributed by atoms with Crippen LogP contribution >= 0.6 is 0 Å². The van der Waals surface area contributed by atoms with Crippen LogP contribution in [0.2, 0.25) is 0 Å². The molecule has 2 heterocycles. The molecule has 0 aliphatic carbocycles. The third kappa shape index (κ3) is 3.51. The minimum atomic E-state index is -0.464. The van der Waals surface area contributed by atoms with E-state index in [0.717, 1.165) is 30.6 Å². The standard InChI is InChI=1S/C14H22N2O/c1-11-7-12(2)9-16(8-11)10-14(17)13-5-3-4-6-15-13/h3-6,11-12,14,17H,7-10H2,1-2H3. The molecule has 1 saturated heterocycles. The van der Waals surface area contributed by atoms with Gasteiger partial charge in [0.2, 0.25) is 0 Å². The molecule has 1 aromatic heterocycles. The van der Waals surface area contributed by atoms with Gasteiger partial charge in [0.15, 0.2) is 0 Å². The van der Waals surface area contributed by atoms with E-state index in [1.165, 1.54) is 6.42 Å². The minimum absolute atomic E-state index is 0.464.